The van der Waals surface area contributed by atoms with Crippen molar-refractivity contribution in [2.24, 2.45) is 11.7 Å². The number of nitrogens with zero attached hydrogens (tertiary/aromatic N) is 1. The molecular formula is C17H28N2O. The van der Waals surface area contributed by atoms with Crippen LogP contribution in [-0.2, 0) is 11.2 Å². The predicted octanol–water partition coefficient (Wildman–Crippen LogP) is 2.83. The maximum absolute atomic E-state index is 6.14. The molecule has 1 aromatic rings. The molecule has 2 rings (SSSR count). The SMILES string of the molecule is CCC(N)Cc1ccccc1N1CCC(C)C(OC)C1. The first kappa shape index (κ1) is 15.3. The lowest BCUT2D eigenvalue weighted by Crippen LogP contribution is -2.44. The standard InChI is InChI=1S/C17H28N2O/c1-4-15(18)11-14-7-5-6-8-16(14)19-10-9-13(2)17(12-19)20-3/h5-8,13,15,17H,4,9-12,18H2,1-3H3. The van der Waals surface area contributed by atoms with Crippen LogP contribution in [0.15, 0.2) is 24.3 Å². The number of hydrogen-bond acceptors (Lipinski definition) is 3. The Morgan fingerprint density at radius 1 is 1.40 bits per heavy atom. The summed E-state index contributed by atoms with van der Waals surface area (Å²) in [5.41, 5.74) is 8.84. The summed E-state index contributed by atoms with van der Waals surface area (Å²) >= 11 is 0. The molecule has 112 valence electrons. The van der Waals surface area contributed by atoms with Crippen LogP contribution in [0.5, 0.6) is 0 Å². The molecule has 1 aliphatic rings. The third-order valence-corrected chi connectivity index (χ3v) is 4.53. The lowest BCUT2D eigenvalue weighted by atomic mass is 9.94. The van der Waals surface area contributed by atoms with E-state index < -0.39 is 0 Å². The van der Waals surface area contributed by atoms with Gasteiger partial charge in [0.1, 0.15) is 0 Å². The highest BCUT2D eigenvalue weighted by molar-refractivity contribution is 5.54. The van der Waals surface area contributed by atoms with Gasteiger partial charge in [0.2, 0.25) is 0 Å². The molecule has 1 heterocycles. The quantitative estimate of drug-likeness (QED) is 0.898. The molecule has 1 aliphatic heterocycles. The van der Waals surface area contributed by atoms with Gasteiger partial charge in [-0.1, -0.05) is 32.0 Å². The van der Waals surface area contributed by atoms with Gasteiger partial charge < -0.3 is 15.4 Å². The lowest BCUT2D eigenvalue weighted by Gasteiger charge is -2.38. The third kappa shape index (κ3) is 3.53. The van der Waals surface area contributed by atoms with Gasteiger partial charge in [-0.2, -0.15) is 0 Å². The number of anilines is 1. The van der Waals surface area contributed by atoms with E-state index in [0.29, 0.717) is 12.0 Å². The molecule has 1 aromatic carbocycles. The molecular weight excluding hydrogens is 248 g/mol. The highest BCUT2D eigenvalue weighted by Crippen LogP contribution is 2.28. The molecule has 3 atom stereocenters. The van der Waals surface area contributed by atoms with E-state index in [0.717, 1.165) is 25.9 Å². The van der Waals surface area contributed by atoms with Crippen LogP contribution in [-0.4, -0.2) is 32.3 Å². The second-order valence-electron chi connectivity index (χ2n) is 5.99. The predicted molar refractivity (Wildman–Crippen MR) is 85.2 cm³/mol. The Bertz CT molecular complexity index is 421. The highest BCUT2D eigenvalue weighted by Gasteiger charge is 2.27. The molecule has 1 saturated heterocycles. The second kappa shape index (κ2) is 7.09. The van der Waals surface area contributed by atoms with E-state index in [9.17, 15) is 0 Å². The lowest BCUT2D eigenvalue weighted by molar-refractivity contribution is 0.0498. The van der Waals surface area contributed by atoms with E-state index in [1.807, 2.05) is 7.11 Å². The number of methoxy groups -OCH3 is 1. The monoisotopic (exact) mass is 276 g/mol. The van der Waals surface area contributed by atoms with Crippen molar-refractivity contribution in [2.45, 2.75) is 45.3 Å². The van der Waals surface area contributed by atoms with Crippen molar-refractivity contribution >= 4 is 5.69 Å². The Labute approximate surface area is 123 Å². The molecule has 0 amide bonds. The highest BCUT2D eigenvalue weighted by atomic mass is 16.5. The van der Waals surface area contributed by atoms with Gasteiger partial charge in [-0.05, 0) is 36.8 Å². The van der Waals surface area contributed by atoms with Crippen molar-refractivity contribution in [1.82, 2.24) is 0 Å². The van der Waals surface area contributed by atoms with Gasteiger partial charge in [0.15, 0.2) is 0 Å². The molecule has 3 unspecified atom stereocenters. The van der Waals surface area contributed by atoms with Crippen LogP contribution in [0.2, 0.25) is 0 Å². The summed E-state index contributed by atoms with van der Waals surface area (Å²) in [6.07, 6.45) is 3.49. The molecule has 20 heavy (non-hydrogen) atoms. The molecule has 3 nitrogen and oxygen atoms in total. The Kier molecular flexibility index (Phi) is 5.44. The summed E-state index contributed by atoms with van der Waals surface area (Å²) in [6.45, 7) is 6.52. The van der Waals surface area contributed by atoms with E-state index >= 15 is 0 Å². The summed E-state index contributed by atoms with van der Waals surface area (Å²) < 4.78 is 5.63. The van der Waals surface area contributed by atoms with Crippen LogP contribution in [0.1, 0.15) is 32.3 Å². The van der Waals surface area contributed by atoms with Gasteiger partial charge in [0.25, 0.3) is 0 Å². The van der Waals surface area contributed by atoms with Crippen LogP contribution in [0.25, 0.3) is 0 Å². The summed E-state index contributed by atoms with van der Waals surface area (Å²) in [5, 5.41) is 0. The van der Waals surface area contributed by atoms with E-state index in [4.69, 9.17) is 10.5 Å². The number of ether oxygens (including phenoxy) is 1. The smallest absolute Gasteiger partial charge is 0.0772 e. The zero-order valence-electron chi connectivity index (χ0n) is 13.0. The van der Waals surface area contributed by atoms with Gasteiger partial charge in [0.05, 0.1) is 6.10 Å². The fraction of sp³-hybridized carbons (Fsp3) is 0.647. The fourth-order valence-electron chi connectivity index (χ4n) is 2.98. The number of nitrogens with two attached hydrogens (primary N) is 1. The maximum atomic E-state index is 6.14. The summed E-state index contributed by atoms with van der Waals surface area (Å²) in [7, 11) is 1.82. The Hall–Kier alpha value is -1.06. The zero-order chi connectivity index (χ0) is 14.5. The van der Waals surface area contributed by atoms with Crippen LogP contribution in [0, 0.1) is 5.92 Å². The van der Waals surface area contributed by atoms with Gasteiger partial charge in [0, 0.05) is 31.9 Å². The molecule has 0 bridgehead atoms. The molecule has 3 heteroatoms. The minimum Gasteiger partial charge on any atom is -0.379 e. The minimum absolute atomic E-state index is 0.248. The molecule has 1 fully saturated rings. The van der Waals surface area contributed by atoms with Crippen LogP contribution < -0.4 is 10.6 Å². The van der Waals surface area contributed by atoms with E-state index in [2.05, 4.69) is 43.0 Å². The van der Waals surface area contributed by atoms with Crippen molar-refractivity contribution in [3.63, 3.8) is 0 Å². The van der Waals surface area contributed by atoms with E-state index in [1.54, 1.807) is 0 Å². The Balaban J connectivity index is 2.15. The summed E-state index contributed by atoms with van der Waals surface area (Å²) in [5.74, 6) is 0.640. The van der Waals surface area contributed by atoms with Crippen LogP contribution in [0.4, 0.5) is 5.69 Å². The van der Waals surface area contributed by atoms with Crippen LogP contribution in [0.3, 0.4) is 0 Å². The van der Waals surface area contributed by atoms with Gasteiger partial charge in [-0.25, -0.2) is 0 Å². The number of piperidine rings is 1. The molecule has 0 saturated carbocycles. The van der Waals surface area contributed by atoms with Crippen molar-refractivity contribution in [3.8, 4) is 0 Å². The second-order valence-corrected chi connectivity index (χ2v) is 5.99. The molecule has 0 aromatic heterocycles. The first-order chi connectivity index (χ1) is 9.65. The largest absolute Gasteiger partial charge is 0.379 e. The molecule has 0 aliphatic carbocycles. The summed E-state index contributed by atoms with van der Waals surface area (Å²) in [4.78, 5) is 2.46. The van der Waals surface area contributed by atoms with Crippen molar-refractivity contribution in [3.05, 3.63) is 29.8 Å². The number of benzene rings is 1. The van der Waals surface area contributed by atoms with Gasteiger partial charge >= 0.3 is 0 Å². The maximum Gasteiger partial charge on any atom is 0.0772 e. The van der Waals surface area contributed by atoms with Crippen molar-refractivity contribution < 1.29 is 4.74 Å². The third-order valence-electron chi connectivity index (χ3n) is 4.53. The minimum atomic E-state index is 0.248. The normalized spacial score (nSPS) is 24.7. The fourth-order valence-corrected chi connectivity index (χ4v) is 2.98. The van der Waals surface area contributed by atoms with Crippen molar-refractivity contribution in [2.75, 3.05) is 25.1 Å². The number of hydrogen-bond donors (Lipinski definition) is 1. The number of rotatable bonds is 5. The molecule has 2 N–H and O–H groups in total. The topological polar surface area (TPSA) is 38.5 Å². The first-order valence-corrected chi connectivity index (χ1v) is 7.77. The average Bonchev–Trinajstić information content (AvgIpc) is 2.48. The van der Waals surface area contributed by atoms with Gasteiger partial charge in [-0.15, -0.1) is 0 Å². The van der Waals surface area contributed by atoms with Gasteiger partial charge in [-0.3, -0.25) is 0 Å². The molecule has 0 radical (unpaired) electrons. The van der Waals surface area contributed by atoms with Crippen LogP contribution >= 0.6 is 0 Å². The van der Waals surface area contributed by atoms with E-state index in [1.165, 1.54) is 17.7 Å². The first-order valence-electron chi connectivity index (χ1n) is 7.77. The summed E-state index contributed by atoms with van der Waals surface area (Å²) in [6, 6.07) is 8.92. The molecule has 0 spiro atoms. The Morgan fingerprint density at radius 3 is 2.85 bits per heavy atom. The Morgan fingerprint density at radius 2 is 2.15 bits per heavy atom. The van der Waals surface area contributed by atoms with E-state index in [-0.39, 0.29) is 6.04 Å². The number of para-hydroxylation sites is 1. The van der Waals surface area contributed by atoms with Crippen molar-refractivity contribution in [1.29, 1.82) is 0 Å². The zero-order valence-corrected chi connectivity index (χ0v) is 13.0. The average molecular weight is 276 g/mol.